The molecule has 140 valence electrons. The van der Waals surface area contributed by atoms with E-state index in [9.17, 15) is 4.79 Å². The normalized spacial score (nSPS) is 15.4. The number of hydrogen-bond acceptors (Lipinski definition) is 5. The molecule has 1 aromatic heterocycles. The summed E-state index contributed by atoms with van der Waals surface area (Å²) in [4.78, 5) is 15.7. The molecule has 0 radical (unpaired) electrons. The molecule has 2 N–H and O–H groups in total. The van der Waals surface area contributed by atoms with Crippen LogP contribution in [0.25, 0.3) is 0 Å². The topological polar surface area (TPSA) is 53.6 Å². The molecule has 0 atom stereocenters. The van der Waals surface area contributed by atoms with E-state index in [1.807, 2.05) is 11.3 Å². The Morgan fingerprint density at radius 3 is 2.75 bits per heavy atom. The summed E-state index contributed by atoms with van der Waals surface area (Å²) in [5, 5.41) is 8.23. The average Bonchev–Trinajstić information content (AvgIpc) is 3.04. The predicted octanol–water partition coefficient (Wildman–Crippen LogP) is 2.16. The van der Waals surface area contributed by atoms with Crippen LogP contribution in [0.4, 0.5) is 0 Å². The molecule has 2 rings (SSSR count). The second-order valence-electron chi connectivity index (χ2n) is 5.77. The van der Waals surface area contributed by atoms with Crippen molar-refractivity contribution in [2.75, 3.05) is 46.4 Å². The van der Waals surface area contributed by atoms with Crippen molar-refractivity contribution in [3.05, 3.63) is 22.4 Å². The standard InChI is InChI=1S/C16H27N3O2S.2ClH/c1-21-9-6-17-12-16(20)18-11-14-4-7-19(8-5-14)13-15-3-2-10-22-15;;/h2-3,10,14,17H,4-9,11-13H2,1H3,(H,18,20);2*1H. The fourth-order valence-electron chi connectivity index (χ4n) is 2.67. The summed E-state index contributed by atoms with van der Waals surface area (Å²) in [6.45, 7) is 5.86. The molecule has 8 heteroatoms. The van der Waals surface area contributed by atoms with Gasteiger partial charge in [-0.15, -0.1) is 36.2 Å². The predicted molar refractivity (Wildman–Crippen MR) is 105 cm³/mol. The van der Waals surface area contributed by atoms with Gasteiger partial charge in [-0.1, -0.05) is 6.07 Å². The van der Waals surface area contributed by atoms with Crippen LogP contribution in [0.2, 0.25) is 0 Å². The van der Waals surface area contributed by atoms with Crippen LogP contribution in [0, 0.1) is 5.92 Å². The van der Waals surface area contributed by atoms with Crippen LogP contribution in [-0.4, -0.2) is 57.2 Å². The van der Waals surface area contributed by atoms with Crippen LogP contribution in [0.5, 0.6) is 0 Å². The number of nitrogens with one attached hydrogen (secondary N) is 2. The highest BCUT2D eigenvalue weighted by atomic mass is 35.5. The van der Waals surface area contributed by atoms with Gasteiger partial charge in [0.05, 0.1) is 13.2 Å². The van der Waals surface area contributed by atoms with Crippen LogP contribution in [-0.2, 0) is 16.1 Å². The first kappa shape index (κ1) is 23.6. The van der Waals surface area contributed by atoms with Gasteiger partial charge in [0.1, 0.15) is 0 Å². The maximum absolute atomic E-state index is 11.7. The fourth-order valence-corrected chi connectivity index (χ4v) is 3.41. The van der Waals surface area contributed by atoms with Gasteiger partial charge < -0.3 is 15.4 Å². The van der Waals surface area contributed by atoms with E-state index in [-0.39, 0.29) is 30.7 Å². The van der Waals surface area contributed by atoms with E-state index in [2.05, 4.69) is 33.0 Å². The molecule has 0 spiro atoms. The van der Waals surface area contributed by atoms with E-state index in [0.29, 0.717) is 25.6 Å². The summed E-state index contributed by atoms with van der Waals surface area (Å²) in [6.07, 6.45) is 2.34. The second kappa shape index (κ2) is 13.9. The van der Waals surface area contributed by atoms with Crippen LogP contribution in [0.3, 0.4) is 0 Å². The Morgan fingerprint density at radius 1 is 1.38 bits per heavy atom. The number of carbonyl (C=O) groups excluding carboxylic acids is 1. The lowest BCUT2D eigenvalue weighted by molar-refractivity contribution is -0.120. The van der Waals surface area contributed by atoms with Gasteiger partial charge in [-0.05, 0) is 43.3 Å². The minimum absolute atomic E-state index is 0. The number of amides is 1. The Morgan fingerprint density at radius 2 is 2.12 bits per heavy atom. The van der Waals surface area contributed by atoms with Crippen molar-refractivity contribution in [2.45, 2.75) is 19.4 Å². The van der Waals surface area contributed by atoms with Crippen LogP contribution in [0.1, 0.15) is 17.7 Å². The number of hydrogen-bond donors (Lipinski definition) is 2. The number of halogens is 2. The van der Waals surface area contributed by atoms with Crippen molar-refractivity contribution in [1.29, 1.82) is 0 Å². The van der Waals surface area contributed by atoms with Gasteiger partial charge in [0.2, 0.25) is 5.91 Å². The summed E-state index contributed by atoms with van der Waals surface area (Å²) in [6, 6.07) is 4.32. The van der Waals surface area contributed by atoms with Gasteiger partial charge in [-0.25, -0.2) is 0 Å². The molecule has 24 heavy (non-hydrogen) atoms. The molecular formula is C16H29Cl2N3O2S. The molecule has 1 aromatic rings. The van der Waals surface area contributed by atoms with E-state index in [0.717, 1.165) is 26.2 Å². The van der Waals surface area contributed by atoms with Crippen molar-refractivity contribution < 1.29 is 9.53 Å². The Hall–Kier alpha value is -0.370. The van der Waals surface area contributed by atoms with Crippen molar-refractivity contribution in [2.24, 2.45) is 5.92 Å². The van der Waals surface area contributed by atoms with Gasteiger partial charge in [-0.2, -0.15) is 0 Å². The molecule has 0 bridgehead atoms. The molecule has 1 aliphatic rings. The highest BCUT2D eigenvalue weighted by molar-refractivity contribution is 7.09. The third-order valence-corrected chi connectivity index (χ3v) is 4.88. The Kier molecular flexibility index (Phi) is 13.7. The zero-order chi connectivity index (χ0) is 15.6. The third-order valence-electron chi connectivity index (χ3n) is 4.02. The number of methoxy groups -OCH3 is 1. The Bertz CT molecular complexity index is 427. The van der Waals surface area contributed by atoms with Gasteiger partial charge >= 0.3 is 0 Å². The summed E-state index contributed by atoms with van der Waals surface area (Å²) in [7, 11) is 1.66. The molecule has 5 nitrogen and oxygen atoms in total. The van der Waals surface area contributed by atoms with Crippen molar-refractivity contribution >= 4 is 42.1 Å². The number of nitrogens with zero attached hydrogens (tertiary/aromatic N) is 1. The third kappa shape index (κ3) is 9.20. The van der Waals surface area contributed by atoms with E-state index in [4.69, 9.17) is 4.74 Å². The van der Waals surface area contributed by atoms with Crippen molar-refractivity contribution in [3.8, 4) is 0 Å². The lowest BCUT2D eigenvalue weighted by Crippen LogP contribution is -2.41. The van der Waals surface area contributed by atoms with Crippen LogP contribution >= 0.6 is 36.2 Å². The number of likely N-dealkylation sites (tertiary alicyclic amines) is 1. The molecule has 1 fully saturated rings. The molecule has 0 aliphatic carbocycles. The average molecular weight is 398 g/mol. The molecule has 1 saturated heterocycles. The second-order valence-corrected chi connectivity index (χ2v) is 6.80. The maximum Gasteiger partial charge on any atom is 0.233 e. The summed E-state index contributed by atoms with van der Waals surface area (Å²) in [5.41, 5.74) is 0. The van der Waals surface area contributed by atoms with E-state index in [1.54, 1.807) is 7.11 Å². The van der Waals surface area contributed by atoms with Gasteiger partial charge in [0, 0.05) is 31.6 Å². The number of rotatable bonds is 9. The summed E-state index contributed by atoms with van der Waals surface area (Å²) in [5.74, 6) is 0.694. The maximum atomic E-state index is 11.7. The highest BCUT2D eigenvalue weighted by Gasteiger charge is 2.19. The number of ether oxygens (including phenoxy) is 1. The SMILES string of the molecule is COCCNCC(=O)NCC1CCN(Cc2cccs2)CC1.Cl.Cl. The molecule has 0 aromatic carbocycles. The number of piperidine rings is 1. The van der Waals surface area contributed by atoms with Gasteiger partial charge in [-0.3, -0.25) is 9.69 Å². The zero-order valence-corrected chi connectivity index (χ0v) is 16.6. The first-order chi connectivity index (χ1) is 10.8. The van der Waals surface area contributed by atoms with Gasteiger partial charge in [0.25, 0.3) is 0 Å². The molecule has 0 saturated carbocycles. The van der Waals surface area contributed by atoms with E-state index >= 15 is 0 Å². The lowest BCUT2D eigenvalue weighted by Gasteiger charge is -2.31. The van der Waals surface area contributed by atoms with Crippen molar-refractivity contribution in [1.82, 2.24) is 15.5 Å². The molecule has 2 heterocycles. The summed E-state index contributed by atoms with van der Waals surface area (Å²) < 4.78 is 4.93. The molecule has 1 amide bonds. The quantitative estimate of drug-likeness (QED) is 0.626. The van der Waals surface area contributed by atoms with E-state index in [1.165, 1.54) is 17.7 Å². The number of carbonyl (C=O) groups is 1. The molecule has 1 aliphatic heterocycles. The largest absolute Gasteiger partial charge is 0.383 e. The zero-order valence-electron chi connectivity index (χ0n) is 14.2. The fraction of sp³-hybridized carbons (Fsp3) is 0.688. The van der Waals surface area contributed by atoms with Crippen molar-refractivity contribution in [3.63, 3.8) is 0 Å². The molecule has 0 unspecified atom stereocenters. The van der Waals surface area contributed by atoms with Gasteiger partial charge in [0.15, 0.2) is 0 Å². The Labute approximate surface area is 161 Å². The summed E-state index contributed by atoms with van der Waals surface area (Å²) >= 11 is 1.83. The minimum Gasteiger partial charge on any atom is -0.383 e. The smallest absolute Gasteiger partial charge is 0.233 e. The molecular weight excluding hydrogens is 369 g/mol. The van der Waals surface area contributed by atoms with Crippen LogP contribution in [0.15, 0.2) is 17.5 Å². The van der Waals surface area contributed by atoms with E-state index < -0.39 is 0 Å². The minimum atomic E-state index is 0. The number of thiophene rings is 1. The Balaban J connectivity index is 0.00000264. The monoisotopic (exact) mass is 397 g/mol. The highest BCUT2D eigenvalue weighted by Crippen LogP contribution is 2.20. The first-order valence-electron chi connectivity index (χ1n) is 7.99. The lowest BCUT2D eigenvalue weighted by atomic mass is 9.97. The first-order valence-corrected chi connectivity index (χ1v) is 8.87. The van der Waals surface area contributed by atoms with Crippen LogP contribution < -0.4 is 10.6 Å².